The first-order chi connectivity index (χ1) is 17.1. The third kappa shape index (κ3) is 4.86. The van der Waals surface area contributed by atoms with Crippen molar-refractivity contribution in [1.29, 1.82) is 0 Å². The number of carbonyl (C=O) groups is 2. The molecule has 1 unspecified atom stereocenters. The zero-order valence-corrected chi connectivity index (χ0v) is 19.8. The molecule has 3 aromatic rings. The van der Waals surface area contributed by atoms with Gasteiger partial charge in [-0.2, -0.15) is 0 Å². The third-order valence-corrected chi connectivity index (χ3v) is 6.35. The van der Waals surface area contributed by atoms with E-state index in [-0.39, 0.29) is 18.0 Å². The molecule has 7 nitrogen and oxygen atoms in total. The van der Waals surface area contributed by atoms with Crippen molar-refractivity contribution in [3.8, 4) is 5.75 Å². The number of fused-ring (bicyclic) bond motifs is 1. The van der Waals surface area contributed by atoms with Gasteiger partial charge in [0.25, 0.3) is 5.91 Å². The highest BCUT2D eigenvalue weighted by Gasteiger charge is 2.25. The SMILES string of the molecule is CCOC(c1ccccc1)c1ccc2c(c1)CN(C(=O)c1cccc(N3CCNC3=O)c1)CCO2. The molecular weight excluding hydrogens is 442 g/mol. The summed E-state index contributed by atoms with van der Waals surface area (Å²) in [5.41, 5.74) is 4.33. The number of anilines is 1. The lowest BCUT2D eigenvalue weighted by Gasteiger charge is -2.22. The summed E-state index contributed by atoms with van der Waals surface area (Å²) < 4.78 is 12.1. The van der Waals surface area contributed by atoms with Gasteiger partial charge in [-0.1, -0.05) is 42.5 Å². The Kier molecular flexibility index (Phi) is 6.68. The van der Waals surface area contributed by atoms with Crippen molar-refractivity contribution in [1.82, 2.24) is 10.2 Å². The van der Waals surface area contributed by atoms with Gasteiger partial charge in [0.1, 0.15) is 18.5 Å². The highest BCUT2D eigenvalue weighted by molar-refractivity contribution is 5.98. The number of nitrogens with zero attached hydrogens (tertiary/aromatic N) is 2. The van der Waals surface area contributed by atoms with E-state index in [1.54, 1.807) is 21.9 Å². The molecule has 0 bridgehead atoms. The lowest BCUT2D eigenvalue weighted by Crippen LogP contribution is -2.33. The number of benzene rings is 3. The lowest BCUT2D eigenvalue weighted by molar-refractivity contribution is 0.0733. The first kappa shape index (κ1) is 22.9. The predicted molar refractivity (Wildman–Crippen MR) is 134 cm³/mol. The van der Waals surface area contributed by atoms with Crippen molar-refractivity contribution in [2.75, 3.05) is 37.7 Å². The zero-order valence-electron chi connectivity index (χ0n) is 19.8. The number of carbonyl (C=O) groups excluding carboxylic acids is 2. The Labute approximate surface area is 205 Å². The van der Waals surface area contributed by atoms with E-state index in [1.165, 1.54) is 0 Å². The van der Waals surface area contributed by atoms with Crippen LogP contribution in [0.5, 0.6) is 5.75 Å². The molecular formula is C28H29N3O4. The summed E-state index contributed by atoms with van der Waals surface area (Å²) in [7, 11) is 0. The minimum atomic E-state index is -0.192. The quantitative estimate of drug-likeness (QED) is 0.579. The van der Waals surface area contributed by atoms with Crippen LogP contribution in [0, 0.1) is 0 Å². The molecule has 0 aromatic heterocycles. The van der Waals surface area contributed by atoms with E-state index in [2.05, 4.69) is 23.5 Å². The second-order valence-electron chi connectivity index (χ2n) is 8.62. The van der Waals surface area contributed by atoms with E-state index in [4.69, 9.17) is 9.47 Å². The number of urea groups is 1. The van der Waals surface area contributed by atoms with Gasteiger partial charge in [-0.15, -0.1) is 0 Å². The van der Waals surface area contributed by atoms with Gasteiger partial charge in [-0.3, -0.25) is 9.69 Å². The van der Waals surface area contributed by atoms with Gasteiger partial charge >= 0.3 is 6.03 Å². The summed E-state index contributed by atoms with van der Waals surface area (Å²) in [6.45, 7) is 5.10. The second-order valence-corrected chi connectivity index (χ2v) is 8.62. The number of hydrogen-bond donors (Lipinski definition) is 1. The minimum absolute atomic E-state index is 0.0854. The molecule has 1 saturated heterocycles. The maximum Gasteiger partial charge on any atom is 0.321 e. The van der Waals surface area contributed by atoms with Crippen LogP contribution in [0.2, 0.25) is 0 Å². The lowest BCUT2D eigenvalue weighted by atomic mass is 9.98. The molecule has 2 aliphatic heterocycles. The number of ether oxygens (including phenoxy) is 2. The molecule has 1 atom stereocenters. The van der Waals surface area contributed by atoms with Gasteiger partial charge in [-0.25, -0.2) is 4.79 Å². The average Bonchev–Trinajstić information content (AvgIpc) is 3.21. The Morgan fingerprint density at radius 3 is 2.66 bits per heavy atom. The Balaban J connectivity index is 1.40. The Morgan fingerprint density at radius 2 is 1.89 bits per heavy atom. The summed E-state index contributed by atoms with van der Waals surface area (Å²) >= 11 is 0. The summed E-state index contributed by atoms with van der Waals surface area (Å²) in [5, 5.41) is 2.80. The molecule has 180 valence electrons. The van der Waals surface area contributed by atoms with Crippen molar-refractivity contribution < 1.29 is 19.1 Å². The fraction of sp³-hybridized carbons (Fsp3) is 0.286. The van der Waals surface area contributed by atoms with Crippen molar-refractivity contribution in [2.45, 2.75) is 19.6 Å². The van der Waals surface area contributed by atoms with Gasteiger partial charge in [0.05, 0.1) is 6.54 Å². The topological polar surface area (TPSA) is 71.1 Å². The predicted octanol–water partition coefficient (Wildman–Crippen LogP) is 4.38. The molecule has 0 spiro atoms. The van der Waals surface area contributed by atoms with Crippen LogP contribution in [0.3, 0.4) is 0 Å². The van der Waals surface area contributed by atoms with E-state index in [1.807, 2.05) is 49.4 Å². The van der Waals surface area contributed by atoms with E-state index in [0.29, 0.717) is 45.0 Å². The Hall–Kier alpha value is -3.84. The van der Waals surface area contributed by atoms with E-state index in [0.717, 1.165) is 28.1 Å². The first-order valence-electron chi connectivity index (χ1n) is 12.0. The van der Waals surface area contributed by atoms with Crippen LogP contribution in [0.25, 0.3) is 0 Å². The zero-order chi connectivity index (χ0) is 24.2. The van der Waals surface area contributed by atoms with Crippen LogP contribution in [0.4, 0.5) is 10.5 Å². The first-order valence-corrected chi connectivity index (χ1v) is 12.0. The maximum absolute atomic E-state index is 13.5. The summed E-state index contributed by atoms with van der Waals surface area (Å²) in [5.74, 6) is 0.701. The number of rotatable bonds is 6. The monoisotopic (exact) mass is 471 g/mol. The standard InChI is InChI=1S/C28H29N3O4/c1-2-34-26(20-7-4-3-5-8-20)21-11-12-25-23(17-21)19-30(15-16-35-25)27(32)22-9-6-10-24(18-22)31-14-13-29-28(31)33/h3-12,17-18,26H,2,13-16,19H2,1H3,(H,29,33). The minimum Gasteiger partial charge on any atom is -0.491 e. The highest BCUT2D eigenvalue weighted by atomic mass is 16.5. The molecule has 7 heteroatoms. The molecule has 0 aliphatic carbocycles. The molecule has 0 saturated carbocycles. The summed E-state index contributed by atoms with van der Waals surface area (Å²) in [6, 6.07) is 23.3. The van der Waals surface area contributed by atoms with Crippen LogP contribution < -0.4 is 15.0 Å². The molecule has 1 fully saturated rings. The van der Waals surface area contributed by atoms with Crippen molar-refractivity contribution in [2.24, 2.45) is 0 Å². The average molecular weight is 472 g/mol. The molecule has 0 radical (unpaired) electrons. The van der Waals surface area contributed by atoms with Crippen LogP contribution in [-0.2, 0) is 11.3 Å². The largest absolute Gasteiger partial charge is 0.491 e. The van der Waals surface area contributed by atoms with E-state index in [9.17, 15) is 9.59 Å². The number of hydrogen-bond acceptors (Lipinski definition) is 4. The Bertz CT molecular complexity index is 1210. The molecule has 2 aliphatic rings. The van der Waals surface area contributed by atoms with E-state index >= 15 is 0 Å². The highest BCUT2D eigenvalue weighted by Crippen LogP contribution is 2.32. The van der Waals surface area contributed by atoms with Crippen LogP contribution in [0.1, 0.15) is 40.1 Å². The summed E-state index contributed by atoms with van der Waals surface area (Å²) in [6.07, 6.45) is -0.192. The van der Waals surface area contributed by atoms with Gasteiger partial charge in [0.2, 0.25) is 0 Å². The third-order valence-electron chi connectivity index (χ3n) is 6.35. The fourth-order valence-electron chi connectivity index (χ4n) is 4.64. The van der Waals surface area contributed by atoms with Crippen LogP contribution in [0.15, 0.2) is 72.8 Å². The molecule has 3 aromatic carbocycles. The smallest absolute Gasteiger partial charge is 0.321 e. The van der Waals surface area contributed by atoms with E-state index < -0.39 is 0 Å². The Morgan fingerprint density at radius 1 is 1.03 bits per heavy atom. The van der Waals surface area contributed by atoms with Crippen molar-refractivity contribution >= 4 is 17.6 Å². The van der Waals surface area contributed by atoms with Gasteiger partial charge in [0.15, 0.2) is 0 Å². The second kappa shape index (κ2) is 10.2. The van der Waals surface area contributed by atoms with Crippen molar-refractivity contribution in [3.05, 3.63) is 95.1 Å². The normalized spacial score (nSPS) is 16.2. The summed E-state index contributed by atoms with van der Waals surface area (Å²) in [4.78, 5) is 29.0. The van der Waals surface area contributed by atoms with Crippen LogP contribution in [-0.4, -0.2) is 49.7 Å². The molecule has 2 heterocycles. The van der Waals surface area contributed by atoms with Crippen LogP contribution >= 0.6 is 0 Å². The number of nitrogens with one attached hydrogen (secondary N) is 1. The molecule has 35 heavy (non-hydrogen) atoms. The van der Waals surface area contributed by atoms with Gasteiger partial charge < -0.3 is 19.7 Å². The van der Waals surface area contributed by atoms with Gasteiger partial charge in [0, 0.05) is 43.1 Å². The maximum atomic E-state index is 13.5. The fourth-order valence-corrected chi connectivity index (χ4v) is 4.64. The number of amides is 3. The molecule has 1 N–H and O–H groups in total. The van der Waals surface area contributed by atoms with Gasteiger partial charge in [-0.05, 0) is 48.4 Å². The van der Waals surface area contributed by atoms with Crippen molar-refractivity contribution in [3.63, 3.8) is 0 Å². The molecule has 5 rings (SSSR count). The molecule has 3 amide bonds.